The van der Waals surface area contributed by atoms with E-state index in [9.17, 15) is 14.7 Å². The Balaban J connectivity index is 2.06. The fourth-order valence-corrected chi connectivity index (χ4v) is 1.98. The molecule has 0 fully saturated rings. The molecule has 2 aromatic carbocycles. The van der Waals surface area contributed by atoms with Gasteiger partial charge >= 0.3 is 5.97 Å². The van der Waals surface area contributed by atoms with E-state index in [1.165, 1.54) is 19.2 Å². The molecule has 5 nitrogen and oxygen atoms in total. The molecule has 0 aromatic heterocycles. The molecule has 5 heteroatoms. The maximum Gasteiger partial charge on any atom is 0.342 e. The zero-order valence-corrected chi connectivity index (χ0v) is 12.3. The van der Waals surface area contributed by atoms with Crippen LogP contribution >= 0.6 is 0 Å². The Hall–Kier alpha value is -2.82. The van der Waals surface area contributed by atoms with Gasteiger partial charge in [-0.25, -0.2) is 4.79 Å². The van der Waals surface area contributed by atoms with Gasteiger partial charge < -0.3 is 14.6 Å². The summed E-state index contributed by atoms with van der Waals surface area (Å²) in [7, 11) is 1.46. The highest BCUT2D eigenvalue weighted by Gasteiger charge is 2.17. The van der Waals surface area contributed by atoms with Crippen molar-refractivity contribution in [1.29, 1.82) is 0 Å². The van der Waals surface area contributed by atoms with Crippen LogP contribution in [0.1, 0.15) is 26.3 Å². The number of benzene rings is 2. The van der Waals surface area contributed by atoms with Crippen LogP contribution in [0.5, 0.6) is 11.5 Å². The fraction of sp³-hybridized carbons (Fsp3) is 0.176. The molecule has 0 heterocycles. The summed E-state index contributed by atoms with van der Waals surface area (Å²) in [6.45, 7) is 1.37. The number of phenols is 1. The first-order valence-electron chi connectivity index (χ1n) is 6.66. The number of phenolic OH excluding ortho intramolecular Hbond substituents is 1. The lowest BCUT2D eigenvalue weighted by molar-refractivity contribution is 0.0471. The average Bonchev–Trinajstić information content (AvgIpc) is 2.52. The molecule has 0 amide bonds. The van der Waals surface area contributed by atoms with Gasteiger partial charge in [0, 0.05) is 0 Å². The number of hydrogen-bond donors (Lipinski definition) is 1. The third-order valence-corrected chi connectivity index (χ3v) is 3.11. The van der Waals surface area contributed by atoms with E-state index in [0.29, 0.717) is 11.3 Å². The van der Waals surface area contributed by atoms with Gasteiger partial charge in [-0.05, 0) is 36.8 Å². The molecular formula is C17H16O5. The number of rotatable bonds is 5. The molecule has 0 saturated heterocycles. The number of ether oxygens (including phenoxy) is 2. The van der Waals surface area contributed by atoms with Crippen molar-refractivity contribution in [2.45, 2.75) is 6.92 Å². The predicted molar refractivity (Wildman–Crippen MR) is 80.5 cm³/mol. The van der Waals surface area contributed by atoms with Crippen LogP contribution in [-0.4, -0.2) is 30.6 Å². The topological polar surface area (TPSA) is 72.8 Å². The summed E-state index contributed by atoms with van der Waals surface area (Å²) in [6.07, 6.45) is 0. The first kappa shape index (κ1) is 15.6. The molecule has 0 aliphatic heterocycles. The first-order valence-corrected chi connectivity index (χ1v) is 6.66. The molecule has 0 aliphatic carbocycles. The van der Waals surface area contributed by atoms with Crippen molar-refractivity contribution in [1.82, 2.24) is 0 Å². The van der Waals surface area contributed by atoms with Crippen molar-refractivity contribution < 1.29 is 24.2 Å². The number of esters is 1. The number of ketones is 1. The smallest absolute Gasteiger partial charge is 0.342 e. The van der Waals surface area contributed by atoms with Crippen LogP contribution < -0.4 is 4.74 Å². The Bertz CT molecular complexity index is 706. The minimum atomic E-state index is -0.749. The molecule has 2 aromatic rings. The van der Waals surface area contributed by atoms with E-state index >= 15 is 0 Å². The van der Waals surface area contributed by atoms with E-state index in [-0.39, 0.29) is 17.1 Å². The molecule has 0 bridgehead atoms. The number of aryl methyl sites for hydroxylation is 1. The van der Waals surface area contributed by atoms with Crippen LogP contribution in [0.2, 0.25) is 0 Å². The molecule has 0 saturated carbocycles. The largest absolute Gasteiger partial charge is 0.507 e. The summed E-state index contributed by atoms with van der Waals surface area (Å²) in [6, 6.07) is 11.3. The van der Waals surface area contributed by atoms with Gasteiger partial charge in [-0.1, -0.05) is 18.2 Å². The van der Waals surface area contributed by atoms with E-state index in [2.05, 4.69) is 0 Å². The summed E-state index contributed by atoms with van der Waals surface area (Å²) < 4.78 is 10.0. The van der Waals surface area contributed by atoms with E-state index in [0.717, 1.165) is 5.56 Å². The highest BCUT2D eigenvalue weighted by atomic mass is 16.5. The van der Waals surface area contributed by atoms with Crippen molar-refractivity contribution in [3.63, 3.8) is 0 Å². The Morgan fingerprint density at radius 1 is 1.09 bits per heavy atom. The van der Waals surface area contributed by atoms with Gasteiger partial charge in [0.15, 0.2) is 6.61 Å². The quantitative estimate of drug-likeness (QED) is 0.679. The van der Waals surface area contributed by atoms with Gasteiger partial charge in [0.2, 0.25) is 5.78 Å². The lowest BCUT2D eigenvalue weighted by Gasteiger charge is -2.09. The van der Waals surface area contributed by atoms with Crippen LogP contribution in [0.4, 0.5) is 0 Å². The van der Waals surface area contributed by atoms with Gasteiger partial charge in [0.1, 0.15) is 17.1 Å². The highest BCUT2D eigenvalue weighted by Crippen LogP contribution is 2.20. The number of Topliss-reactive ketones (excluding diaryl/α,β-unsaturated/α-hetero) is 1. The molecule has 0 spiro atoms. The number of aromatic hydroxyl groups is 1. The van der Waals surface area contributed by atoms with Gasteiger partial charge in [0.05, 0.1) is 12.7 Å². The Kier molecular flexibility index (Phi) is 4.78. The van der Waals surface area contributed by atoms with E-state index < -0.39 is 12.6 Å². The van der Waals surface area contributed by atoms with E-state index in [1.54, 1.807) is 37.3 Å². The molecule has 0 atom stereocenters. The summed E-state index contributed by atoms with van der Waals surface area (Å²) in [4.78, 5) is 24.0. The molecular weight excluding hydrogens is 284 g/mol. The third-order valence-electron chi connectivity index (χ3n) is 3.11. The van der Waals surface area contributed by atoms with Gasteiger partial charge in [-0.15, -0.1) is 0 Å². The summed E-state index contributed by atoms with van der Waals surface area (Å²) in [5.41, 5.74) is 1.18. The molecule has 0 radical (unpaired) electrons. The second-order valence-electron chi connectivity index (χ2n) is 4.72. The second-order valence-corrected chi connectivity index (χ2v) is 4.72. The third kappa shape index (κ3) is 3.44. The van der Waals surface area contributed by atoms with Gasteiger partial charge in [-0.2, -0.15) is 0 Å². The van der Waals surface area contributed by atoms with Crippen molar-refractivity contribution >= 4 is 11.8 Å². The maximum absolute atomic E-state index is 12.1. The molecule has 22 heavy (non-hydrogen) atoms. The van der Waals surface area contributed by atoms with Crippen LogP contribution in [-0.2, 0) is 4.74 Å². The van der Waals surface area contributed by atoms with Crippen LogP contribution in [0.15, 0.2) is 42.5 Å². The van der Waals surface area contributed by atoms with Gasteiger partial charge in [0.25, 0.3) is 0 Å². The van der Waals surface area contributed by atoms with Crippen LogP contribution in [0.3, 0.4) is 0 Å². The standard InChI is InChI=1S/C17H16O5/c1-11-7-8-13(14(18)9-11)17(20)22-10-15(19)12-5-3-4-6-16(12)21-2/h3-9,18H,10H2,1-2H3. The number of methoxy groups -OCH3 is 1. The normalized spacial score (nSPS) is 10.1. The van der Waals surface area contributed by atoms with Crippen LogP contribution in [0, 0.1) is 6.92 Å². The highest BCUT2D eigenvalue weighted by molar-refractivity contribution is 6.01. The Morgan fingerprint density at radius 2 is 1.82 bits per heavy atom. The Morgan fingerprint density at radius 3 is 2.50 bits per heavy atom. The zero-order chi connectivity index (χ0) is 16.1. The minimum Gasteiger partial charge on any atom is -0.507 e. The van der Waals surface area contributed by atoms with Crippen molar-refractivity contribution in [3.8, 4) is 11.5 Å². The SMILES string of the molecule is COc1ccccc1C(=O)COC(=O)c1ccc(C)cc1O. The van der Waals surface area contributed by atoms with Crippen molar-refractivity contribution in [2.24, 2.45) is 0 Å². The maximum atomic E-state index is 12.1. The second kappa shape index (κ2) is 6.76. The summed E-state index contributed by atoms with van der Waals surface area (Å²) >= 11 is 0. The Labute approximate surface area is 128 Å². The van der Waals surface area contributed by atoms with Crippen molar-refractivity contribution in [3.05, 3.63) is 59.2 Å². The zero-order valence-electron chi connectivity index (χ0n) is 12.3. The average molecular weight is 300 g/mol. The number of carbonyl (C=O) groups is 2. The molecule has 2 rings (SSSR count). The predicted octanol–water partition coefficient (Wildman–Crippen LogP) is 2.75. The van der Waals surface area contributed by atoms with E-state index in [4.69, 9.17) is 9.47 Å². The summed E-state index contributed by atoms with van der Waals surface area (Å²) in [5.74, 6) is -0.880. The lowest BCUT2D eigenvalue weighted by atomic mass is 10.1. The summed E-state index contributed by atoms with van der Waals surface area (Å²) in [5, 5.41) is 9.72. The molecule has 0 unspecified atom stereocenters. The van der Waals surface area contributed by atoms with Crippen molar-refractivity contribution in [2.75, 3.05) is 13.7 Å². The van der Waals surface area contributed by atoms with Crippen LogP contribution in [0.25, 0.3) is 0 Å². The first-order chi connectivity index (χ1) is 10.5. The van der Waals surface area contributed by atoms with Gasteiger partial charge in [-0.3, -0.25) is 4.79 Å². The lowest BCUT2D eigenvalue weighted by Crippen LogP contribution is -2.15. The molecule has 0 aliphatic rings. The number of carbonyl (C=O) groups excluding carboxylic acids is 2. The molecule has 1 N–H and O–H groups in total. The fourth-order valence-electron chi connectivity index (χ4n) is 1.98. The van der Waals surface area contributed by atoms with E-state index in [1.807, 2.05) is 0 Å². The minimum absolute atomic E-state index is 0.0263. The number of hydrogen-bond acceptors (Lipinski definition) is 5. The monoisotopic (exact) mass is 300 g/mol. The number of para-hydroxylation sites is 1. The molecule has 114 valence electrons.